The number of hydrogen-bond donors (Lipinski definition) is 0. The molecule has 0 aromatic heterocycles. The molecule has 0 aliphatic carbocycles. The van der Waals surface area contributed by atoms with Gasteiger partial charge in [-0.05, 0) is 32.1 Å². The molecule has 6 rings (SSSR count). The molecule has 10 heteroatoms. The van der Waals surface area contributed by atoms with Crippen molar-refractivity contribution in [2.75, 3.05) is 34.1 Å². The molecule has 0 spiro atoms. The summed E-state index contributed by atoms with van der Waals surface area (Å²) in [4.78, 5) is 0. The van der Waals surface area contributed by atoms with Crippen molar-refractivity contribution >= 4 is 18.7 Å². The first kappa shape index (κ1) is 42.6. The van der Waals surface area contributed by atoms with Crippen LogP contribution < -0.4 is 10.4 Å². The van der Waals surface area contributed by atoms with Crippen molar-refractivity contribution in [3.63, 3.8) is 0 Å². The van der Waals surface area contributed by atoms with Crippen molar-refractivity contribution in [2.24, 2.45) is 0 Å². The lowest BCUT2D eigenvalue weighted by atomic mass is 9.98. The number of ether oxygens (including phenoxy) is 8. The first-order valence-electron chi connectivity index (χ1n) is 19.5. The van der Waals surface area contributed by atoms with Gasteiger partial charge in [-0.15, -0.1) is 0 Å². The monoisotopic (exact) mass is 792 g/mol. The summed E-state index contributed by atoms with van der Waals surface area (Å²) in [5.41, 5.74) is 3.10. The van der Waals surface area contributed by atoms with Crippen LogP contribution in [0.3, 0.4) is 0 Å². The van der Waals surface area contributed by atoms with E-state index in [1.54, 1.807) is 7.11 Å². The van der Waals surface area contributed by atoms with Gasteiger partial charge in [0, 0.05) is 7.11 Å². The van der Waals surface area contributed by atoms with Crippen LogP contribution in [0.25, 0.3) is 0 Å². The van der Waals surface area contributed by atoms with E-state index in [2.05, 4.69) is 69.3 Å². The molecule has 1 fully saturated rings. The molecule has 1 saturated heterocycles. The zero-order valence-electron chi connectivity index (χ0n) is 33.4. The van der Waals surface area contributed by atoms with E-state index < -0.39 is 39.0 Å². The molecule has 0 radical (unpaired) electrons. The number of rotatable bonds is 21. The zero-order chi connectivity index (χ0) is 39.8. The summed E-state index contributed by atoms with van der Waals surface area (Å²) in [5.74, 6) is 0. The highest BCUT2D eigenvalue weighted by Crippen LogP contribution is 2.38. The molecule has 0 saturated carbocycles. The van der Waals surface area contributed by atoms with Gasteiger partial charge in [0.2, 0.25) is 0 Å². The predicted molar refractivity (Wildman–Crippen MR) is 222 cm³/mol. The molecular formula is C47H56O9Si. The summed E-state index contributed by atoms with van der Waals surface area (Å²) in [7, 11) is -1.37. The van der Waals surface area contributed by atoms with Crippen LogP contribution in [0.2, 0.25) is 5.04 Å². The molecule has 9 nitrogen and oxygen atoms in total. The van der Waals surface area contributed by atoms with E-state index in [0.717, 1.165) is 27.1 Å². The SMILES string of the molecule is COC1O[C@H](CO[Si](c2ccccc2)(c2ccccc2)C(C)(C)C)[C@@H](OCOCc2ccccc2)[C@H](OCOCc2ccccc2)[C@H]1OCOCc1ccccc1. The molecule has 302 valence electrons. The molecular weight excluding hydrogens is 737 g/mol. The highest BCUT2D eigenvalue weighted by molar-refractivity contribution is 6.99. The van der Waals surface area contributed by atoms with Crippen LogP contribution in [0.4, 0.5) is 0 Å². The van der Waals surface area contributed by atoms with Crippen LogP contribution in [0.5, 0.6) is 0 Å². The van der Waals surface area contributed by atoms with E-state index in [0.29, 0.717) is 19.8 Å². The summed E-state index contributed by atoms with van der Waals surface area (Å²) in [6.07, 6.45) is -3.70. The van der Waals surface area contributed by atoms with E-state index in [1.807, 2.05) is 103 Å². The number of hydrogen-bond acceptors (Lipinski definition) is 9. The molecule has 5 aromatic rings. The quantitative estimate of drug-likeness (QED) is 0.0424. The van der Waals surface area contributed by atoms with Crippen LogP contribution in [-0.2, 0) is 62.1 Å². The van der Waals surface area contributed by atoms with Gasteiger partial charge in [-0.25, -0.2) is 0 Å². The van der Waals surface area contributed by atoms with Crippen LogP contribution >= 0.6 is 0 Å². The summed E-state index contributed by atoms with van der Waals surface area (Å²) in [6.45, 7) is 7.95. The van der Waals surface area contributed by atoms with Crippen LogP contribution in [-0.4, -0.2) is 73.1 Å². The number of benzene rings is 5. The fourth-order valence-corrected chi connectivity index (χ4v) is 11.9. The largest absolute Gasteiger partial charge is 0.405 e. The van der Waals surface area contributed by atoms with Gasteiger partial charge >= 0.3 is 0 Å². The molecule has 5 aromatic carbocycles. The molecule has 1 aliphatic heterocycles. The molecule has 0 bridgehead atoms. The van der Waals surface area contributed by atoms with Crippen molar-refractivity contribution in [2.45, 2.75) is 76.3 Å². The van der Waals surface area contributed by atoms with Crippen molar-refractivity contribution in [3.05, 3.63) is 168 Å². The Morgan fingerprint density at radius 1 is 0.491 bits per heavy atom. The van der Waals surface area contributed by atoms with Crippen LogP contribution in [0.1, 0.15) is 37.5 Å². The second-order valence-electron chi connectivity index (χ2n) is 15.0. The minimum Gasteiger partial charge on any atom is -0.405 e. The Bertz CT molecular complexity index is 1790. The highest BCUT2D eigenvalue weighted by Gasteiger charge is 2.53. The van der Waals surface area contributed by atoms with E-state index in [9.17, 15) is 0 Å². The maximum atomic E-state index is 7.40. The van der Waals surface area contributed by atoms with Gasteiger partial charge in [0.1, 0.15) is 44.8 Å². The minimum atomic E-state index is -2.97. The Morgan fingerprint density at radius 3 is 1.25 bits per heavy atom. The molecule has 1 unspecified atom stereocenters. The van der Waals surface area contributed by atoms with Gasteiger partial charge in [0.15, 0.2) is 6.29 Å². The Balaban J connectivity index is 1.29. The van der Waals surface area contributed by atoms with Crippen LogP contribution in [0.15, 0.2) is 152 Å². The summed E-state index contributed by atoms with van der Waals surface area (Å²) in [5, 5.41) is 2.05. The van der Waals surface area contributed by atoms with Crippen molar-refractivity contribution in [3.8, 4) is 0 Å². The first-order valence-corrected chi connectivity index (χ1v) is 21.4. The highest BCUT2D eigenvalue weighted by atomic mass is 28.4. The lowest BCUT2D eigenvalue weighted by Crippen LogP contribution is -2.68. The topological polar surface area (TPSA) is 83.1 Å². The number of methoxy groups -OCH3 is 1. The fraction of sp³-hybridized carbons (Fsp3) is 0.362. The second-order valence-corrected chi connectivity index (χ2v) is 19.3. The molecule has 0 amide bonds. The van der Waals surface area contributed by atoms with E-state index in [1.165, 1.54) is 0 Å². The second kappa shape index (κ2) is 21.6. The third-order valence-electron chi connectivity index (χ3n) is 10.1. The first-order chi connectivity index (χ1) is 27.9. The Hall–Kier alpha value is -4.04. The molecule has 1 aliphatic rings. The lowest BCUT2D eigenvalue weighted by molar-refractivity contribution is -0.339. The standard InChI is InChI=1S/C47H56O9Si/c1-47(2,3)57(40-26-16-8-17-27-40,41-28-18-9-19-29-41)55-33-42-43(52-34-49-30-37-20-10-5-11-21-37)44(53-35-50-31-38-22-12-6-13-23-38)45(46(48-4)56-42)54-36-51-32-39-24-14-7-15-25-39/h5-29,42-46H,30-36H2,1-4H3/t42-,43-,44+,45-,46?/m1/s1. The molecule has 57 heavy (non-hydrogen) atoms. The molecule has 0 N–H and O–H groups in total. The maximum absolute atomic E-state index is 7.40. The summed E-state index contributed by atoms with van der Waals surface area (Å²) >= 11 is 0. The minimum absolute atomic E-state index is 0.0295. The van der Waals surface area contributed by atoms with E-state index >= 15 is 0 Å². The Morgan fingerprint density at radius 2 is 0.860 bits per heavy atom. The fourth-order valence-electron chi connectivity index (χ4n) is 7.32. The van der Waals surface area contributed by atoms with E-state index in [4.69, 9.17) is 42.3 Å². The average Bonchev–Trinajstić information content (AvgIpc) is 3.25. The van der Waals surface area contributed by atoms with Gasteiger partial charge in [-0.2, -0.15) is 0 Å². The summed E-state index contributed by atoms with van der Waals surface area (Å²) < 4.78 is 58.0. The maximum Gasteiger partial charge on any atom is 0.261 e. The van der Waals surface area contributed by atoms with Crippen LogP contribution in [0, 0.1) is 0 Å². The van der Waals surface area contributed by atoms with E-state index in [-0.39, 0.29) is 32.0 Å². The Kier molecular flexibility index (Phi) is 16.2. The van der Waals surface area contributed by atoms with Gasteiger partial charge in [0.25, 0.3) is 8.32 Å². The van der Waals surface area contributed by atoms with Gasteiger partial charge in [-0.3, -0.25) is 0 Å². The normalized spacial score (nSPS) is 20.0. The zero-order valence-corrected chi connectivity index (χ0v) is 34.4. The molecule has 5 atom stereocenters. The Labute approximate surface area is 338 Å². The van der Waals surface area contributed by atoms with Crippen molar-refractivity contribution < 1.29 is 42.3 Å². The van der Waals surface area contributed by atoms with Crippen molar-refractivity contribution in [1.82, 2.24) is 0 Å². The van der Waals surface area contributed by atoms with Gasteiger partial charge in [-0.1, -0.05) is 172 Å². The van der Waals surface area contributed by atoms with Gasteiger partial charge < -0.3 is 42.3 Å². The smallest absolute Gasteiger partial charge is 0.261 e. The van der Waals surface area contributed by atoms with Gasteiger partial charge in [0.05, 0.1) is 26.4 Å². The lowest BCUT2D eigenvalue weighted by Gasteiger charge is -2.47. The third-order valence-corrected chi connectivity index (χ3v) is 15.1. The average molecular weight is 793 g/mol. The van der Waals surface area contributed by atoms with Crippen molar-refractivity contribution in [1.29, 1.82) is 0 Å². The molecule has 1 heterocycles. The summed E-state index contributed by atoms with van der Waals surface area (Å²) in [6, 6.07) is 50.9. The predicted octanol–water partition coefficient (Wildman–Crippen LogP) is 7.61. The third kappa shape index (κ3) is 11.5.